The van der Waals surface area contributed by atoms with E-state index >= 15 is 0 Å². The van der Waals surface area contributed by atoms with E-state index in [2.05, 4.69) is 16.7 Å². The van der Waals surface area contributed by atoms with Crippen molar-refractivity contribution in [3.05, 3.63) is 65.2 Å². The first-order chi connectivity index (χ1) is 15.8. The van der Waals surface area contributed by atoms with Gasteiger partial charge in [-0.3, -0.25) is 4.90 Å². The second kappa shape index (κ2) is 12.1. The molecule has 0 radical (unpaired) electrons. The number of ether oxygens (including phenoxy) is 2. The van der Waals surface area contributed by atoms with Crippen LogP contribution in [0.1, 0.15) is 35.6 Å². The van der Waals surface area contributed by atoms with Crippen molar-refractivity contribution in [2.24, 2.45) is 0 Å². The number of hydrogen-bond donors (Lipinski definition) is 0. The molecule has 2 aromatic rings. The summed E-state index contributed by atoms with van der Waals surface area (Å²) in [6.45, 7) is 5.19. The fraction of sp³-hybridized carbons (Fsp3) is 0.462. The first-order valence-electron chi connectivity index (χ1n) is 11.2. The predicted molar refractivity (Wildman–Crippen MR) is 123 cm³/mol. The summed E-state index contributed by atoms with van der Waals surface area (Å²) in [5.74, 6) is 7.06. The summed E-state index contributed by atoms with van der Waals surface area (Å²) in [5, 5.41) is 0. The minimum atomic E-state index is -4.35. The van der Waals surface area contributed by atoms with Gasteiger partial charge in [-0.05, 0) is 56.1 Å². The number of rotatable bonds is 8. The van der Waals surface area contributed by atoms with Crippen molar-refractivity contribution in [2.45, 2.75) is 25.1 Å². The number of morpholine rings is 1. The average Bonchev–Trinajstić information content (AvgIpc) is 2.80. The molecular formula is C26H31F3N2O2. The number of halogens is 3. The summed E-state index contributed by atoms with van der Waals surface area (Å²) >= 11 is 0. The second-order valence-corrected chi connectivity index (χ2v) is 8.35. The zero-order valence-electron chi connectivity index (χ0n) is 19.2. The van der Waals surface area contributed by atoms with Crippen LogP contribution in [0.4, 0.5) is 13.2 Å². The Bertz CT molecular complexity index is 910. The molecule has 0 saturated carbocycles. The van der Waals surface area contributed by atoms with Gasteiger partial charge in [0.2, 0.25) is 0 Å². The van der Waals surface area contributed by atoms with Crippen LogP contribution in [0.3, 0.4) is 0 Å². The molecule has 0 aliphatic carbocycles. The molecule has 1 unspecified atom stereocenters. The highest BCUT2D eigenvalue weighted by Gasteiger charge is 2.30. The van der Waals surface area contributed by atoms with Crippen LogP contribution in [0.5, 0.6) is 5.75 Å². The van der Waals surface area contributed by atoms with Gasteiger partial charge in [-0.2, -0.15) is 13.2 Å². The van der Waals surface area contributed by atoms with Gasteiger partial charge < -0.3 is 14.4 Å². The zero-order valence-corrected chi connectivity index (χ0v) is 19.2. The van der Waals surface area contributed by atoms with E-state index in [9.17, 15) is 13.2 Å². The fourth-order valence-corrected chi connectivity index (χ4v) is 3.54. The van der Waals surface area contributed by atoms with Crippen LogP contribution in [0.2, 0.25) is 0 Å². The van der Waals surface area contributed by atoms with E-state index in [0.717, 1.165) is 69.1 Å². The third-order valence-corrected chi connectivity index (χ3v) is 5.47. The van der Waals surface area contributed by atoms with Crippen molar-refractivity contribution >= 4 is 0 Å². The fourth-order valence-electron chi connectivity index (χ4n) is 3.54. The smallest absolute Gasteiger partial charge is 0.416 e. The molecule has 1 heterocycles. The van der Waals surface area contributed by atoms with Gasteiger partial charge in [0, 0.05) is 44.6 Å². The molecule has 1 saturated heterocycles. The van der Waals surface area contributed by atoms with E-state index in [1.54, 1.807) is 0 Å². The highest BCUT2D eigenvalue weighted by Crippen LogP contribution is 2.31. The molecule has 3 rings (SSSR count). The normalized spacial score (nSPS) is 15.7. The quantitative estimate of drug-likeness (QED) is 0.526. The van der Waals surface area contributed by atoms with Crippen molar-refractivity contribution < 1.29 is 22.6 Å². The molecule has 0 aromatic heterocycles. The predicted octanol–water partition coefficient (Wildman–Crippen LogP) is 4.85. The van der Waals surface area contributed by atoms with Gasteiger partial charge in [0.1, 0.15) is 11.9 Å². The van der Waals surface area contributed by atoms with Crippen molar-refractivity contribution in [3.63, 3.8) is 0 Å². The van der Waals surface area contributed by atoms with Crippen LogP contribution in [0.15, 0.2) is 48.5 Å². The maximum Gasteiger partial charge on any atom is 0.416 e. The molecule has 7 heteroatoms. The SMILES string of the molecule is CN(C)CCC(Oc1ccc(C#CCCN2CCOCC2)cc1)c1ccc(C(F)(F)F)cc1. The third kappa shape index (κ3) is 8.39. The van der Waals surface area contributed by atoms with Crippen LogP contribution in [-0.2, 0) is 10.9 Å². The lowest BCUT2D eigenvalue weighted by Crippen LogP contribution is -2.36. The van der Waals surface area contributed by atoms with Crippen molar-refractivity contribution in [1.29, 1.82) is 0 Å². The summed E-state index contributed by atoms with van der Waals surface area (Å²) < 4.78 is 50.2. The lowest BCUT2D eigenvalue weighted by molar-refractivity contribution is -0.137. The minimum absolute atomic E-state index is 0.347. The summed E-state index contributed by atoms with van der Waals surface area (Å²) in [4.78, 5) is 4.38. The number of hydrogen-bond acceptors (Lipinski definition) is 4. The van der Waals surface area contributed by atoms with E-state index in [-0.39, 0.29) is 6.10 Å². The molecule has 0 spiro atoms. The molecule has 1 aliphatic rings. The van der Waals surface area contributed by atoms with Gasteiger partial charge in [-0.1, -0.05) is 24.0 Å². The highest BCUT2D eigenvalue weighted by molar-refractivity contribution is 5.38. The maximum absolute atomic E-state index is 12.9. The molecular weight excluding hydrogens is 429 g/mol. The van der Waals surface area contributed by atoms with Gasteiger partial charge in [0.15, 0.2) is 0 Å². The van der Waals surface area contributed by atoms with E-state index < -0.39 is 11.7 Å². The van der Waals surface area contributed by atoms with Crippen molar-refractivity contribution in [2.75, 3.05) is 53.5 Å². The zero-order chi connectivity index (χ0) is 23.7. The van der Waals surface area contributed by atoms with Gasteiger partial charge >= 0.3 is 6.18 Å². The van der Waals surface area contributed by atoms with E-state index in [4.69, 9.17) is 9.47 Å². The minimum Gasteiger partial charge on any atom is -0.486 e. The third-order valence-electron chi connectivity index (χ3n) is 5.47. The van der Waals surface area contributed by atoms with Gasteiger partial charge in [-0.15, -0.1) is 0 Å². The second-order valence-electron chi connectivity index (χ2n) is 8.35. The van der Waals surface area contributed by atoms with E-state index in [1.807, 2.05) is 43.3 Å². The summed E-state index contributed by atoms with van der Waals surface area (Å²) in [5.41, 5.74) is 0.967. The Morgan fingerprint density at radius 1 is 1.03 bits per heavy atom. The van der Waals surface area contributed by atoms with Crippen LogP contribution in [0.25, 0.3) is 0 Å². The van der Waals surface area contributed by atoms with E-state index in [1.165, 1.54) is 12.1 Å². The number of nitrogens with zero attached hydrogens (tertiary/aromatic N) is 2. The number of alkyl halides is 3. The first kappa shape index (κ1) is 25.1. The van der Waals surface area contributed by atoms with Crippen molar-refractivity contribution in [3.8, 4) is 17.6 Å². The molecule has 33 heavy (non-hydrogen) atoms. The molecule has 0 amide bonds. The summed E-state index contributed by atoms with van der Waals surface area (Å²) in [6.07, 6.45) is -3.24. The van der Waals surface area contributed by atoms with Gasteiger partial charge in [0.25, 0.3) is 0 Å². The molecule has 1 fully saturated rings. The molecule has 0 bridgehead atoms. The monoisotopic (exact) mass is 460 g/mol. The van der Waals surface area contributed by atoms with Crippen LogP contribution in [-0.4, -0.2) is 63.3 Å². The molecule has 1 aliphatic heterocycles. The average molecular weight is 461 g/mol. The Morgan fingerprint density at radius 3 is 2.30 bits per heavy atom. The molecule has 4 nitrogen and oxygen atoms in total. The Labute approximate surface area is 194 Å². The summed E-state index contributed by atoms with van der Waals surface area (Å²) in [7, 11) is 3.91. The lowest BCUT2D eigenvalue weighted by Gasteiger charge is -2.25. The Hall–Kier alpha value is -2.53. The van der Waals surface area contributed by atoms with Crippen LogP contribution >= 0.6 is 0 Å². The Kier molecular flexibility index (Phi) is 9.19. The highest BCUT2D eigenvalue weighted by atomic mass is 19.4. The molecule has 0 N–H and O–H groups in total. The summed E-state index contributed by atoms with van der Waals surface area (Å²) in [6, 6.07) is 12.7. The molecule has 2 aromatic carbocycles. The standard InChI is InChI=1S/C26H31F3N2O2/c1-30(2)16-14-25(22-8-10-23(11-9-22)26(27,28)29)33-24-12-6-21(7-13-24)5-3-4-15-31-17-19-32-20-18-31/h6-13,25H,4,14-20H2,1-2H3. The molecule has 178 valence electrons. The first-order valence-corrected chi connectivity index (χ1v) is 11.2. The van der Waals surface area contributed by atoms with Crippen LogP contribution < -0.4 is 4.74 Å². The van der Waals surface area contributed by atoms with Crippen molar-refractivity contribution in [1.82, 2.24) is 9.80 Å². The van der Waals surface area contributed by atoms with Gasteiger partial charge in [-0.25, -0.2) is 0 Å². The van der Waals surface area contributed by atoms with Crippen LogP contribution in [0, 0.1) is 11.8 Å². The number of benzene rings is 2. The lowest BCUT2D eigenvalue weighted by atomic mass is 10.0. The van der Waals surface area contributed by atoms with Gasteiger partial charge in [0.05, 0.1) is 18.8 Å². The largest absolute Gasteiger partial charge is 0.486 e. The Balaban J connectivity index is 1.60. The molecule has 1 atom stereocenters. The Morgan fingerprint density at radius 2 is 1.70 bits per heavy atom. The topological polar surface area (TPSA) is 24.9 Å². The van der Waals surface area contributed by atoms with E-state index in [0.29, 0.717) is 12.2 Å². The maximum atomic E-state index is 12.9.